The van der Waals surface area contributed by atoms with Gasteiger partial charge in [0.1, 0.15) is 0 Å². The molecule has 7 heteroatoms. The molecule has 1 aliphatic heterocycles. The van der Waals surface area contributed by atoms with Crippen molar-refractivity contribution in [1.82, 2.24) is 4.31 Å². The summed E-state index contributed by atoms with van der Waals surface area (Å²) in [4.78, 5) is -0.134. The number of sulfonamides is 1. The Morgan fingerprint density at radius 2 is 1.57 bits per heavy atom. The lowest BCUT2D eigenvalue weighted by atomic mass is 9.99. The van der Waals surface area contributed by atoms with E-state index in [0.29, 0.717) is 4.31 Å². The van der Waals surface area contributed by atoms with Gasteiger partial charge in [-0.25, -0.2) is 8.42 Å². The molecule has 2 aromatic rings. The van der Waals surface area contributed by atoms with Crippen molar-refractivity contribution in [2.75, 3.05) is 6.54 Å². The van der Waals surface area contributed by atoms with Gasteiger partial charge in [-0.05, 0) is 24.6 Å². The Bertz CT molecular complexity index is 817. The molecule has 3 nitrogen and oxygen atoms in total. The molecule has 0 amide bonds. The maximum absolute atomic E-state index is 13.6. The number of hydrogen-bond acceptors (Lipinski definition) is 2. The summed E-state index contributed by atoms with van der Waals surface area (Å²) in [7, 11) is -4.21. The molecule has 1 heterocycles. The van der Waals surface area contributed by atoms with Gasteiger partial charge in [0.25, 0.3) is 0 Å². The van der Waals surface area contributed by atoms with Crippen molar-refractivity contribution in [3.05, 3.63) is 65.7 Å². The van der Waals surface area contributed by atoms with E-state index < -0.39 is 28.3 Å². The van der Waals surface area contributed by atoms with Gasteiger partial charge in [0.05, 0.1) is 4.90 Å². The minimum atomic E-state index is -4.69. The van der Waals surface area contributed by atoms with Gasteiger partial charge in [0.2, 0.25) is 10.0 Å². The Kier molecular flexibility index (Phi) is 3.53. The van der Waals surface area contributed by atoms with Gasteiger partial charge in [-0.1, -0.05) is 48.0 Å². The first-order chi connectivity index (χ1) is 10.7. The second-order valence-electron chi connectivity index (χ2n) is 5.55. The number of alkyl halides is 3. The average molecular weight is 341 g/mol. The van der Waals surface area contributed by atoms with Crippen LogP contribution in [0, 0.1) is 6.92 Å². The molecule has 0 radical (unpaired) electrons. The number of aryl methyl sites for hydroxylation is 1. The maximum Gasteiger partial charge on any atom is 0.413 e. The number of halogens is 3. The molecular formula is C16H14F3NO2S. The second-order valence-corrected chi connectivity index (χ2v) is 7.41. The normalized spacial score (nSPS) is 24.4. The first-order valence-electron chi connectivity index (χ1n) is 6.91. The van der Waals surface area contributed by atoms with Crippen LogP contribution in [-0.2, 0) is 15.6 Å². The van der Waals surface area contributed by atoms with Crippen LogP contribution in [0.4, 0.5) is 13.2 Å². The highest BCUT2D eigenvalue weighted by Gasteiger charge is 2.74. The van der Waals surface area contributed by atoms with Crippen LogP contribution in [-0.4, -0.2) is 25.4 Å². The molecule has 0 aromatic heterocycles. The zero-order valence-electron chi connectivity index (χ0n) is 12.2. The molecule has 2 atom stereocenters. The quantitative estimate of drug-likeness (QED) is 0.802. The minimum absolute atomic E-state index is 0.0665. The zero-order chi connectivity index (χ0) is 16.9. The summed E-state index contributed by atoms with van der Waals surface area (Å²) in [6.07, 6.45) is -4.69. The Hall–Kier alpha value is -1.86. The van der Waals surface area contributed by atoms with Crippen LogP contribution >= 0.6 is 0 Å². The standard InChI is InChI=1S/C16H14F3NO2S/c1-12-7-9-14(10-8-12)23(21,22)20-11-15(20,16(17,18)19)13-5-3-2-4-6-13/h2-10H,11H2,1H3. The van der Waals surface area contributed by atoms with Crippen LogP contribution in [0.3, 0.4) is 0 Å². The first kappa shape index (κ1) is 16.0. The van der Waals surface area contributed by atoms with E-state index in [9.17, 15) is 21.6 Å². The van der Waals surface area contributed by atoms with E-state index in [1.165, 1.54) is 36.4 Å². The van der Waals surface area contributed by atoms with Crippen molar-refractivity contribution in [2.45, 2.75) is 23.5 Å². The van der Waals surface area contributed by atoms with Crippen molar-refractivity contribution in [2.24, 2.45) is 0 Å². The smallest absolute Gasteiger partial charge is 0.207 e. The van der Waals surface area contributed by atoms with Crippen molar-refractivity contribution in [3.8, 4) is 0 Å². The second kappa shape index (κ2) is 5.07. The van der Waals surface area contributed by atoms with Crippen LogP contribution in [0.25, 0.3) is 0 Å². The Labute approximate surface area is 132 Å². The third-order valence-corrected chi connectivity index (χ3v) is 5.91. The lowest BCUT2D eigenvalue weighted by Gasteiger charge is -2.21. The summed E-state index contributed by atoms with van der Waals surface area (Å²) in [5, 5.41) is 0. The van der Waals surface area contributed by atoms with Crippen LogP contribution < -0.4 is 0 Å². The molecule has 2 unspecified atom stereocenters. The topological polar surface area (TPSA) is 37.1 Å². The van der Waals surface area contributed by atoms with Crippen molar-refractivity contribution >= 4 is 10.0 Å². The SMILES string of the molecule is Cc1ccc(S(=O)(=O)N2CC2(c2ccccc2)C(F)(F)F)cc1. The summed E-state index contributed by atoms with van der Waals surface area (Å²) < 4.78 is 66.6. The fourth-order valence-electron chi connectivity index (χ4n) is 2.64. The van der Waals surface area contributed by atoms with Crippen molar-refractivity contribution in [1.29, 1.82) is 0 Å². The van der Waals surface area contributed by atoms with E-state index >= 15 is 0 Å². The van der Waals surface area contributed by atoms with Gasteiger partial charge < -0.3 is 0 Å². The highest BCUT2D eigenvalue weighted by atomic mass is 32.2. The Morgan fingerprint density at radius 3 is 2.09 bits per heavy atom. The molecule has 122 valence electrons. The molecule has 23 heavy (non-hydrogen) atoms. The van der Waals surface area contributed by atoms with Gasteiger partial charge in [0, 0.05) is 6.54 Å². The third kappa shape index (κ3) is 2.44. The summed E-state index contributed by atoms with van der Waals surface area (Å²) in [6, 6.07) is 12.9. The summed E-state index contributed by atoms with van der Waals surface area (Å²) >= 11 is 0. The van der Waals surface area contributed by atoms with Crippen molar-refractivity contribution in [3.63, 3.8) is 0 Å². The van der Waals surface area contributed by atoms with Gasteiger partial charge in [-0.2, -0.15) is 17.5 Å². The van der Waals surface area contributed by atoms with E-state index in [0.717, 1.165) is 5.56 Å². The molecule has 3 rings (SSSR count). The summed E-state index contributed by atoms with van der Waals surface area (Å²) in [6.45, 7) is 1.18. The highest BCUT2D eigenvalue weighted by Crippen LogP contribution is 2.56. The monoisotopic (exact) mass is 341 g/mol. The van der Waals surface area contributed by atoms with Crippen LogP contribution in [0.15, 0.2) is 59.5 Å². The van der Waals surface area contributed by atoms with E-state index in [1.54, 1.807) is 25.1 Å². The molecule has 1 fully saturated rings. The molecular weight excluding hydrogens is 327 g/mol. The van der Waals surface area contributed by atoms with Gasteiger partial charge in [-0.15, -0.1) is 0 Å². The molecule has 1 aliphatic rings. The van der Waals surface area contributed by atoms with Crippen molar-refractivity contribution < 1.29 is 21.6 Å². The third-order valence-electron chi connectivity index (χ3n) is 4.02. The number of nitrogens with zero attached hydrogens (tertiary/aromatic N) is 1. The first-order valence-corrected chi connectivity index (χ1v) is 8.35. The summed E-state index contributed by atoms with van der Waals surface area (Å²) in [5.74, 6) is 0. The fourth-order valence-corrected chi connectivity index (χ4v) is 4.35. The highest BCUT2D eigenvalue weighted by molar-refractivity contribution is 7.89. The molecule has 0 N–H and O–H groups in total. The van der Waals surface area contributed by atoms with Gasteiger partial charge in [0.15, 0.2) is 5.54 Å². The number of rotatable bonds is 3. The van der Waals surface area contributed by atoms with E-state index in [1.807, 2.05) is 0 Å². The molecule has 2 aromatic carbocycles. The van der Waals surface area contributed by atoms with Gasteiger partial charge in [-0.3, -0.25) is 0 Å². The van der Waals surface area contributed by atoms with Gasteiger partial charge >= 0.3 is 6.18 Å². The molecule has 0 spiro atoms. The van der Waals surface area contributed by atoms with Crippen LogP contribution in [0.2, 0.25) is 0 Å². The molecule has 0 saturated carbocycles. The summed E-state index contributed by atoms with van der Waals surface area (Å²) in [5.41, 5.74) is -1.71. The Balaban J connectivity index is 2.06. The zero-order valence-corrected chi connectivity index (χ0v) is 13.0. The van der Waals surface area contributed by atoms with Crippen LogP contribution in [0.5, 0.6) is 0 Å². The lowest BCUT2D eigenvalue weighted by molar-refractivity contribution is -0.168. The average Bonchev–Trinajstić information content (AvgIpc) is 3.26. The Morgan fingerprint density at radius 1 is 1.00 bits per heavy atom. The lowest BCUT2D eigenvalue weighted by Crippen LogP contribution is -2.36. The fraction of sp³-hybridized carbons (Fsp3) is 0.250. The predicted octanol–water partition coefficient (Wildman–Crippen LogP) is 3.46. The van der Waals surface area contributed by atoms with Crippen LogP contribution in [0.1, 0.15) is 11.1 Å². The molecule has 0 aliphatic carbocycles. The van der Waals surface area contributed by atoms with E-state index in [4.69, 9.17) is 0 Å². The minimum Gasteiger partial charge on any atom is -0.207 e. The van der Waals surface area contributed by atoms with E-state index in [-0.39, 0.29) is 10.5 Å². The van der Waals surface area contributed by atoms with E-state index in [2.05, 4.69) is 0 Å². The molecule has 0 bridgehead atoms. The maximum atomic E-state index is 13.6. The predicted molar refractivity (Wildman–Crippen MR) is 79.2 cm³/mol. The number of hydrogen-bond donors (Lipinski definition) is 0. The molecule has 1 saturated heterocycles. The number of benzene rings is 2. The largest absolute Gasteiger partial charge is 0.413 e.